The second-order valence-corrected chi connectivity index (χ2v) is 7.22. The molecule has 24 heavy (non-hydrogen) atoms. The van der Waals surface area contributed by atoms with Gasteiger partial charge in [-0.2, -0.15) is 5.10 Å². The van der Waals surface area contributed by atoms with Gasteiger partial charge in [-0.15, -0.1) is 11.3 Å². The quantitative estimate of drug-likeness (QED) is 0.814. The molecule has 7 heteroatoms. The Morgan fingerprint density at radius 1 is 1.21 bits per heavy atom. The Kier molecular flexibility index (Phi) is 5.54. The largest absolute Gasteiger partial charge is 0.345 e. The fourth-order valence-corrected chi connectivity index (χ4v) is 3.78. The summed E-state index contributed by atoms with van der Waals surface area (Å²) in [5, 5.41) is 8.27. The molecule has 2 aromatic rings. The molecule has 1 amide bonds. The Bertz CT molecular complexity index is 756. The van der Waals surface area contributed by atoms with Crippen LogP contribution in [0.2, 0.25) is 0 Å². The Morgan fingerprint density at radius 3 is 2.33 bits per heavy atom. The van der Waals surface area contributed by atoms with Gasteiger partial charge in [-0.05, 0) is 41.0 Å². The normalized spacial score (nSPS) is 12.2. The number of aromatic nitrogens is 3. The highest BCUT2D eigenvalue weighted by molar-refractivity contribution is 7.11. The van der Waals surface area contributed by atoms with Crippen LogP contribution in [0.3, 0.4) is 0 Å². The van der Waals surface area contributed by atoms with Crippen LogP contribution in [0.4, 0.5) is 0 Å². The van der Waals surface area contributed by atoms with Crippen molar-refractivity contribution in [1.29, 1.82) is 0 Å². The van der Waals surface area contributed by atoms with Crippen molar-refractivity contribution >= 4 is 23.0 Å². The van der Waals surface area contributed by atoms with Crippen molar-refractivity contribution < 1.29 is 9.59 Å². The third kappa shape index (κ3) is 3.72. The Hall–Kier alpha value is -2.02. The van der Waals surface area contributed by atoms with E-state index in [2.05, 4.69) is 15.4 Å². The number of carbonyl (C=O) groups excluding carboxylic acids is 2. The smallest absolute Gasteiger partial charge is 0.242 e. The number of Topliss-reactive ketones (excluding diaryl/α,β-unsaturated/α-hetero) is 1. The number of nitrogens with zero attached hydrogens (tertiary/aromatic N) is 3. The number of rotatable bonds is 6. The Balaban J connectivity index is 2.12. The number of amides is 1. The minimum absolute atomic E-state index is 0.0307. The predicted molar refractivity (Wildman–Crippen MR) is 94.5 cm³/mol. The molecule has 0 spiro atoms. The van der Waals surface area contributed by atoms with E-state index < -0.39 is 0 Å². The average Bonchev–Trinajstić information content (AvgIpc) is 2.96. The molecule has 1 atom stereocenters. The van der Waals surface area contributed by atoms with Crippen molar-refractivity contribution in [1.82, 2.24) is 20.1 Å². The number of thiazole rings is 1. The molecule has 1 unspecified atom stereocenters. The monoisotopic (exact) mass is 348 g/mol. The molecule has 0 aromatic carbocycles. The lowest BCUT2D eigenvalue weighted by Gasteiger charge is -2.15. The number of carbonyl (C=O) groups is 2. The first-order valence-electron chi connectivity index (χ1n) is 8.02. The summed E-state index contributed by atoms with van der Waals surface area (Å²) in [7, 11) is 0. The zero-order valence-corrected chi connectivity index (χ0v) is 15.9. The fourth-order valence-electron chi connectivity index (χ4n) is 2.72. The van der Waals surface area contributed by atoms with Crippen molar-refractivity contribution in [3.63, 3.8) is 0 Å². The molecule has 6 nitrogen and oxygen atoms in total. The molecule has 0 aliphatic carbocycles. The molecule has 0 saturated heterocycles. The minimum Gasteiger partial charge on any atom is -0.345 e. The zero-order valence-electron chi connectivity index (χ0n) is 15.1. The van der Waals surface area contributed by atoms with Gasteiger partial charge in [-0.1, -0.05) is 6.92 Å². The van der Waals surface area contributed by atoms with Crippen LogP contribution in [0.25, 0.3) is 0 Å². The SMILES string of the molecule is CCC(NC(=O)Cn1nc(C)c(C(C)=O)c1C)c1nc(C)c(C)s1. The van der Waals surface area contributed by atoms with Crippen LogP contribution in [-0.4, -0.2) is 26.5 Å². The topological polar surface area (TPSA) is 76.9 Å². The van der Waals surface area contributed by atoms with Crippen molar-refractivity contribution in [2.75, 3.05) is 0 Å². The van der Waals surface area contributed by atoms with Crippen LogP contribution in [0, 0.1) is 27.7 Å². The highest BCUT2D eigenvalue weighted by atomic mass is 32.1. The van der Waals surface area contributed by atoms with Crippen LogP contribution >= 0.6 is 11.3 Å². The van der Waals surface area contributed by atoms with Crippen LogP contribution < -0.4 is 5.32 Å². The van der Waals surface area contributed by atoms with Gasteiger partial charge in [0.2, 0.25) is 5.91 Å². The van der Waals surface area contributed by atoms with Crippen LogP contribution in [0.15, 0.2) is 0 Å². The molecule has 0 saturated carbocycles. The van der Waals surface area contributed by atoms with E-state index >= 15 is 0 Å². The van der Waals surface area contributed by atoms with E-state index in [4.69, 9.17) is 0 Å². The number of hydrogen-bond donors (Lipinski definition) is 1. The second-order valence-electron chi connectivity index (χ2n) is 5.98. The maximum Gasteiger partial charge on any atom is 0.242 e. The first-order chi connectivity index (χ1) is 11.2. The molecule has 130 valence electrons. The molecule has 0 aliphatic heterocycles. The lowest BCUT2D eigenvalue weighted by Crippen LogP contribution is -2.32. The number of aryl methyl sites for hydroxylation is 3. The Labute approximate surface area is 146 Å². The van der Waals surface area contributed by atoms with Crippen LogP contribution in [0.5, 0.6) is 0 Å². The van der Waals surface area contributed by atoms with E-state index in [0.717, 1.165) is 22.8 Å². The molecule has 0 bridgehead atoms. The number of ketones is 1. The summed E-state index contributed by atoms with van der Waals surface area (Å²) in [5.41, 5.74) is 2.99. The zero-order chi connectivity index (χ0) is 18.0. The molecule has 0 fully saturated rings. The lowest BCUT2D eigenvalue weighted by atomic mass is 10.1. The van der Waals surface area contributed by atoms with Gasteiger partial charge in [0.15, 0.2) is 5.78 Å². The minimum atomic E-state index is -0.131. The summed E-state index contributed by atoms with van der Waals surface area (Å²) in [6.07, 6.45) is 0.772. The van der Waals surface area contributed by atoms with Crippen LogP contribution in [-0.2, 0) is 11.3 Å². The van der Waals surface area contributed by atoms with E-state index in [1.807, 2.05) is 27.7 Å². The summed E-state index contributed by atoms with van der Waals surface area (Å²) in [6, 6.07) is -0.0980. The van der Waals surface area contributed by atoms with E-state index in [-0.39, 0.29) is 24.3 Å². The average molecular weight is 348 g/mol. The second kappa shape index (κ2) is 7.25. The fraction of sp³-hybridized carbons (Fsp3) is 0.529. The summed E-state index contributed by atoms with van der Waals surface area (Å²) in [4.78, 5) is 29.8. The summed E-state index contributed by atoms with van der Waals surface area (Å²) in [6.45, 7) is 11.2. The highest BCUT2D eigenvalue weighted by Gasteiger charge is 2.20. The highest BCUT2D eigenvalue weighted by Crippen LogP contribution is 2.25. The molecule has 2 aromatic heterocycles. The first-order valence-corrected chi connectivity index (χ1v) is 8.84. The van der Waals surface area contributed by atoms with Gasteiger partial charge in [-0.3, -0.25) is 14.3 Å². The number of hydrogen-bond acceptors (Lipinski definition) is 5. The molecule has 2 rings (SSSR count). The van der Waals surface area contributed by atoms with Crippen molar-refractivity contribution in [3.8, 4) is 0 Å². The number of nitrogens with one attached hydrogen (secondary N) is 1. The van der Waals surface area contributed by atoms with Crippen molar-refractivity contribution in [2.24, 2.45) is 0 Å². The van der Waals surface area contributed by atoms with Gasteiger partial charge >= 0.3 is 0 Å². The van der Waals surface area contributed by atoms with Crippen LogP contribution in [0.1, 0.15) is 63.6 Å². The maximum atomic E-state index is 12.4. The standard InChI is InChI=1S/C17H24N4O2S/c1-7-14(17-18-9(2)13(6)24-17)19-15(23)8-21-11(4)16(12(5)22)10(3)20-21/h14H,7-8H2,1-6H3,(H,19,23). The van der Waals surface area contributed by atoms with Gasteiger partial charge in [0.05, 0.1) is 23.0 Å². The maximum absolute atomic E-state index is 12.4. The van der Waals surface area contributed by atoms with Gasteiger partial charge in [0.25, 0.3) is 0 Å². The van der Waals surface area contributed by atoms with Gasteiger partial charge in [0, 0.05) is 10.6 Å². The molecule has 0 aliphatic rings. The van der Waals surface area contributed by atoms with E-state index in [0.29, 0.717) is 11.3 Å². The van der Waals surface area contributed by atoms with Gasteiger partial charge < -0.3 is 5.32 Å². The van der Waals surface area contributed by atoms with Crippen molar-refractivity contribution in [2.45, 2.75) is 60.5 Å². The summed E-state index contributed by atoms with van der Waals surface area (Å²) in [5.74, 6) is -0.162. The van der Waals surface area contributed by atoms with Gasteiger partial charge in [0.1, 0.15) is 11.6 Å². The molecule has 2 heterocycles. The third-order valence-electron chi connectivity index (χ3n) is 4.11. The van der Waals surface area contributed by atoms with E-state index in [1.54, 1.807) is 22.9 Å². The lowest BCUT2D eigenvalue weighted by molar-refractivity contribution is -0.122. The molecular formula is C17H24N4O2S. The van der Waals surface area contributed by atoms with E-state index in [1.165, 1.54) is 11.8 Å². The summed E-state index contributed by atoms with van der Waals surface area (Å²) >= 11 is 1.62. The predicted octanol–water partition coefficient (Wildman–Crippen LogP) is 3.04. The Morgan fingerprint density at radius 2 is 1.88 bits per heavy atom. The van der Waals surface area contributed by atoms with Gasteiger partial charge in [-0.25, -0.2) is 4.98 Å². The van der Waals surface area contributed by atoms with E-state index in [9.17, 15) is 9.59 Å². The third-order valence-corrected chi connectivity index (χ3v) is 5.30. The molecule has 0 radical (unpaired) electrons. The summed E-state index contributed by atoms with van der Waals surface area (Å²) < 4.78 is 1.59. The first kappa shape index (κ1) is 18.3. The molecular weight excluding hydrogens is 324 g/mol. The van der Waals surface area contributed by atoms with Crippen molar-refractivity contribution in [3.05, 3.63) is 32.5 Å². The molecule has 1 N–H and O–H groups in total.